The third kappa shape index (κ3) is 5.91. The lowest BCUT2D eigenvalue weighted by atomic mass is 10.3. The van der Waals surface area contributed by atoms with Gasteiger partial charge in [0.2, 0.25) is 11.8 Å². The van der Waals surface area contributed by atoms with Gasteiger partial charge in [0.15, 0.2) is 6.10 Å². The van der Waals surface area contributed by atoms with Crippen LogP contribution in [0.25, 0.3) is 0 Å². The molecule has 1 aromatic rings. The third-order valence-corrected chi connectivity index (χ3v) is 3.24. The number of rotatable bonds is 6. The van der Waals surface area contributed by atoms with Crippen molar-refractivity contribution in [2.24, 2.45) is 0 Å². The van der Waals surface area contributed by atoms with Crippen LogP contribution in [-0.2, 0) is 9.53 Å². The van der Waals surface area contributed by atoms with Gasteiger partial charge in [0.05, 0.1) is 12.3 Å². The van der Waals surface area contributed by atoms with E-state index in [-0.39, 0.29) is 17.1 Å². The molecule has 0 spiro atoms. The van der Waals surface area contributed by atoms with E-state index in [0.717, 1.165) is 0 Å². The summed E-state index contributed by atoms with van der Waals surface area (Å²) in [6, 6.07) is 0. The lowest BCUT2D eigenvalue weighted by molar-refractivity contribution is -0.156. The number of esters is 1. The first-order chi connectivity index (χ1) is 10.5. The number of halogens is 6. The summed E-state index contributed by atoms with van der Waals surface area (Å²) in [7, 11) is 0. The van der Waals surface area contributed by atoms with E-state index in [0.29, 0.717) is 0 Å². The molecule has 5 nitrogen and oxygen atoms in total. The van der Waals surface area contributed by atoms with Crippen LogP contribution in [0.3, 0.4) is 0 Å². The normalized spacial score (nSPS) is 12.8. The van der Waals surface area contributed by atoms with Gasteiger partial charge in [0.1, 0.15) is 10.0 Å². The summed E-state index contributed by atoms with van der Waals surface area (Å²) in [5.41, 5.74) is 5.11. The molecule has 0 aliphatic carbocycles. The molecule has 0 aliphatic rings. The number of nitrogen functional groups attached to an aromatic ring is 1. The van der Waals surface area contributed by atoms with Crippen molar-refractivity contribution in [3.05, 3.63) is 16.0 Å². The molecule has 23 heavy (non-hydrogen) atoms. The lowest BCUT2D eigenvalue weighted by Gasteiger charge is -2.15. The Morgan fingerprint density at radius 2 is 1.96 bits per heavy atom. The molecule has 1 atom stereocenters. The van der Waals surface area contributed by atoms with Crippen molar-refractivity contribution in [2.75, 3.05) is 12.3 Å². The van der Waals surface area contributed by atoms with Crippen LogP contribution in [0.2, 0.25) is 10.0 Å². The second-order valence-corrected chi connectivity index (χ2v) is 5.15. The first-order valence-corrected chi connectivity index (χ1v) is 6.98. The molecule has 0 aromatic carbocycles. The molecule has 2 N–H and O–H groups in total. The fourth-order valence-electron chi connectivity index (χ4n) is 1.37. The molecule has 0 saturated carbocycles. The maximum atomic E-state index is 13.3. The van der Waals surface area contributed by atoms with Gasteiger partial charge in [0, 0.05) is 6.42 Å². The highest BCUT2D eigenvalue weighted by Gasteiger charge is 2.27. The van der Waals surface area contributed by atoms with Crippen molar-refractivity contribution in [1.29, 1.82) is 0 Å². The van der Waals surface area contributed by atoms with E-state index in [1.807, 2.05) is 0 Å². The molecular weight excluding hydrogens is 367 g/mol. The zero-order chi connectivity index (χ0) is 17.8. The van der Waals surface area contributed by atoms with Crippen LogP contribution < -0.4 is 10.5 Å². The minimum absolute atomic E-state index is 0.298. The zero-order valence-corrected chi connectivity index (χ0v) is 13.2. The van der Waals surface area contributed by atoms with Gasteiger partial charge < -0.3 is 15.2 Å². The molecule has 0 amide bonds. The molecule has 1 rings (SSSR count). The summed E-state index contributed by atoms with van der Waals surface area (Å²) >= 11 is 11.2. The van der Waals surface area contributed by atoms with Crippen molar-refractivity contribution in [3.63, 3.8) is 0 Å². The number of pyridine rings is 1. The molecule has 0 unspecified atom stereocenters. The van der Waals surface area contributed by atoms with E-state index in [1.54, 1.807) is 0 Å². The minimum Gasteiger partial charge on any atom is -0.463 e. The van der Waals surface area contributed by atoms with Gasteiger partial charge in [-0.3, -0.25) is 0 Å². The summed E-state index contributed by atoms with van der Waals surface area (Å²) in [4.78, 5) is 14.9. The number of hydrogen-bond acceptors (Lipinski definition) is 5. The van der Waals surface area contributed by atoms with Crippen LogP contribution in [0.15, 0.2) is 0 Å². The molecule has 1 aromatic heterocycles. The number of ether oxygens (including phenoxy) is 2. The number of aromatic nitrogens is 1. The van der Waals surface area contributed by atoms with Crippen molar-refractivity contribution < 1.29 is 31.8 Å². The quantitative estimate of drug-likeness (QED) is 0.353. The lowest BCUT2D eigenvalue weighted by Crippen LogP contribution is -2.27. The van der Waals surface area contributed by atoms with Crippen molar-refractivity contribution in [1.82, 2.24) is 4.98 Å². The smallest absolute Gasteiger partial charge is 0.389 e. The van der Waals surface area contributed by atoms with Crippen molar-refractivity contribution in [2.45, 2.75) is 32.0 Å². The summed E-state index contributed by atoms with van der Waals surface area (Å²) in [6.45, 7) is 0.789. The number of nitrogens with two attached hydrogens (primary N) is 1. The van der Waals surface area contributed by atoms with Crippen LogP contribution in [0.4, 0.5) is 23.2 Å². The predicted molar refractivity (Wildman–Crippen MR) is 75.0 cm³/mol. The molecule has 1 heterocycles. The number of hydrogen-bond donors (Lipinski definition) is 1. The highest BCUT2D eigenvalue weighted by Crippen LogP contribution is 2.35. The Kier molecular flexibility index (Phi) is 6.69. The molecule has 0 bridgehead atoms. The Morgan fingerprint density at radius 3 is 2.52 bits per heavy atom. The van der Waals surface area contributed by atoms with E-state index < -0.39 is 48.1 Å². The van der Waals surface area contributed by atoms with E-state index in [1.165, 1.54) is 6.92 Å². The molecule has 0 radical (unpaired) electrons. The topological polar surface area (TPSA) is 74.4 Å². The average molecular weight is 379 g/mol. The first kappa shape index (κ1) is 19.6. The van der Waals surface area contributed by atoms with E-state index in [9.17, 15) is 22.4 Å². The van der Waals surface area contributed by atoms with Gasteiger partial charge in [-0.05, 0) is 13.3 Å². The second-order valence-electron chi connectivity index (χ2n) is 4.40. The van der Waals surface area contributed by atoms with Crippen molar-refractivity contribution >= 4 is 34.9 Å². The maximum Gasteiger partial charge on any atom is 0.389 e. The molecule has 130 valence electrons. The summed E-state index contributed by atoms with van der Waals surface area (Å²) in [5.74, 6) is -2.58. The van der Waals surface area contributed by atoms with Crippen LogP contribution in [0.1, 0.15) is 19.8 Å². The largest absolute Gasteiger partial charge is 0.463 e. The maximum absolute atomic E-state index is 13.3. The summed E-state index contributed by atoms with van der Waals surface area (Å²) in [5, 5.41) is -0.794. The molecular formula is C12H12Cl2F4N2O3. The fraction of sp³-hybridized carbons (Fsp3) is 0.500. The van der Waals surface area contributed by atoms with Gasteiger partial charge in [-0.2, -0.15) is 22.5 Å². The summed E-state index contributed by atoms with van der Waals surface area (Å²) < 4.78 is 58.8. The summed E-state index contributed by atoms with van der Waals surface area (Å²) in [6.07, 6.45) is -7.08. The highest BCUT2D eigenvalue weighted by molar-refractivity contribution is 6.39. The second kappa shape index (κ2) is 7.87. The van der Waals surface area contributed by atoms with Crippen LogP contribution in [-0.4, -0.2) is 29.8 Å². The van der Waals surface area contributed by atoms with E-state index >= 15 is 0 Å². The number of anilines is 1. The number of carbonyl (C=O) groups excluding carboxylic acids is 1. The number of nitrogens with zero attached hydrogens (tertiary/aromatic N) is 1. The zero-order valence-electron chi connectivity index (χ0n) is 11.7. The minimum atomic E-state index is -4.33. The van der Waals surface area contributed by atoms with E-state index in [4.69, 9.17) is 33.7 Å². The number of carbonyl (C=O) groups is 1. The van der Waals surface area contributed by atoms with Crippen LogP contribution in [0, 0.1) is 5.95 Å². The fourth-order valence-corrected chi connectivity index (χ4v) is 1.73. The first-order valence-electron chi connectivity index (χ1n) is 6.23. The van der Waals surface area contributed by atoms with Gasteiger partial charge in [-0.15, -0.1) is 0 Å². The van der Waals surface area contributed by atoms with Gasteiger partial charge in [0.25, 0.3) is 0 Å². The van der Waals surface area contributed by atoms with Gasteiger partial charge >= 0.3 is 12.1 Å². The molecule has 0 saturated heterocycles. The Balaban J connectivity index is 2.59. The molecule has 0 fully saturated rings. The molecule has 11 heteroatoms. The highest BCUT2D eigenvalue weighted by atomic mass is 35.5. The average Bonchev–Trinajstić information content (AvgIpc) is 2.45. The predicted octanol–water partition coefficient (Wildman–Crippen LogP) is 3.76. The SMILES string of the molecule is C[C@@H](Oc1nc(F)c(Cl)c(N)c1Cl)C(=O)OCCCC(F)(F)F. The standard InChI is InChI=1S/C12H12Cl2F4N2O3/c1-5(11(21)22-4-2-3-12(16,17)18)23-10-7(14)8(19)6(13)9(15)20-10/h5H,2-4H2,1H3,(H2,19,20)/t5-/m1/s1. The third-order valence-electron chi connectivity index (χ3n) is 2.51. The Labute approximate surface area is 138 Å². The monoisotopic (exact) mass is 378 g/mol. The Hall–Kier alpha value is -1.48. The van der Waals surface area contributed by atoms with Gasteiger partial charge in [-0.25, -0.2) is 4.79 Å². The van der Waals surface area contributed by atoms with Crippen LogP contribution in [0.5, 0.6) is 5.88 Å². The Morgan fingerprint density at radius 1 is 1.35 bits per heavy atom. The number of alkyl halides is 3. The van der Waals surface area contributed by atoms with Gasteiger partial charge in [-0.1, -0.05) is 23.2 Å². The van der Waals surface area contributed by atoms with Crippen molar-refractivity contribution in [3.8, 4) is 5.88 Å². The van der Waals surface area contributed by atoms with E-state index in [2.05, 4.69) is 9.72 Å². The van der Waals surface area contributed by atoms with Crippen LogP contribution >= 0.6 is 23.2 Å². The Bertz CT molecular complexity index is 584. The molecule has 0 aliphatic heterocycles.